The summed E-state index contributed by atoms with van der Waals surface area (Å²) in [6.45, 7) is 1.57. The van der Waals surface area contributed by atoms with E-state index in [0.29, 0.717) is 6.61 Å². The number of hydrogen-bond acceptors (Lipinski definition) is 1. The van der Waals surface area contributed by atoms with Crippen LogP contribution in [0.5, 0.6) is 0 Å². The van der Waals surface area contributed by atoms with E-state index in [-0.39, 0.29) is 0 Å². The highest BCUT2D eigenvalue weighted by atomic mass is 16.5. The number of benzene rings is 3. The number of aromatic nitrogens is 1. The van der Waals surface area contributed by atoms with Crippen molar-refractivity contribution in [3.63, 3.8) is 0 Å². The average Bonchev–Trinajstić information content (AvgIpc) is 2.86. The minimum absolute atomic E-state index is 0.707. The van der Waals surface area contributed by atoms with Crippen molar-refractivity contribution in [3.05, 3.63) is 101 Å². The number of methoxy groups -OCH3 is 1. The molecule has 0 saturated carbocycles. The van der Waals surface area contributed by atoms with Gasteiger partial charge < -0.3 is 4.74 Å². The molecule has 2 nitrogen and oxygen atoms in total. The maximum atomic E-state index is 5.60. The summed E-state index contributed by atoms with van der Waals surface area (Å²) >= 11 is 0. The second-order valence-electron chi connectivity index (χ2n) is 8.85. The molecule has 0 atom stereocenters. The van der Waals surface area contributed by atoms with Gasteiger partial charge >= 0.3 is 0 Å². The fourth-order valence-corrected chi connectivity index (χ4v) is 5.78. The normalized spacial score (nSPS) is 13.7. The molecule has 2 heteroatoms. The third kappa shape index (κ3) is 3.02. The van der Waals surface area contributed by atoms with Crippen LogP contribution in [0.3, 0.4) is 0 Å². The Morgan fingerprint density at radius 3 is 1.75 bits per heavy atom. The van der Waals surface area contributed by atoms with Crippen LogP contribution in [0.4, 0.5) is 0 Å². The number of ether oxygens (including phenoxy) is 1. The van der Waals surface area contributed by atoms with E-state index in [9.17, 15) is 0 Å². The number of hydrogen-bond donors (Lipinski definition) is 0. The number of pyridine rings is 1. The molecule has 6 rings (SSSR count). The van der Waals surface area contributed by atoms with Crippen molar-refractivity contribution in [3.8, 4) is 33.6 Å². The summed E-state index contributed by atoms with van der Waals surface area (Å²) in [5, 5.41) is 0. The van der Waals surface area contributed by atoms with Gasteiger partial charge in [-0.1, -0.05) is 66.7 Å². The molecule has 0 radical (unpaired) electrons. The molecule has 0 fully saturated rings. The highest BCUT2D eigenvalue weighted by molar-refractivity contribution is 5.85. The second-order valence-corrected chi connectivity index (χ2v) is 8.85. The zero-order valence-electron chi connectivity index (χ0n) is 18.6. The van der Waals surface area contributed by atoms with Gasteiger partial charge in [-0.05, 0) is 54.5 Å². The van der Waals surface area contributed by atoms with Crippen LogP contribution in [0.1, 0.15) is 22.3 Å². The highest BCUT2D eigenvalue weighted by Crippen LogP contribution is 2.44. The molecule has 0 spiro atoms. The van der Waals surface area contributed by atoms with Gasteiger partial charge in [0.25, 0.3) is 0 Å². The molecular formula is C30H28NO+. The van der Waals surface area contributed by atoms with Gasteiger partial charge in [0, 0.05) is 34.9 Å². The van der Waals surface area contributed by atoms with Gasteiger partial charge in [0.05, 0.1) is 0 Å². The Morgan fingerprint density at radius 2 is 1.19 bits per heavy atom. The Bertz CT molecular complexity index is 1230. The van der Waals surface area contributed by atoms with E-state index in [0.717, 1.165) is 32.2 Å². The van der Waals surface area contributed by atoms with E-state index < -0.39 is 0 Å². The average molecular weight is 419 g/mol. The van der Waals surface area contributed by atoms with Crippen LogP contribution in [0.15, 0.2) is 78.9 Å². The molecule has 2 aliphatic carbocycles. The predicted molar refractivity (Wildman–Crippen MR) is 130 cm³/mol. The summed E-state index contributed by atoms with van der Waals surface area (Å²) in [6, 6.07) is 29.0. The molecule has 3 aromatic carbocycles. The molecule has 0 N–H and O–H groups in total. The van der Waals surface area contributed by atoms with Crippen LogP contribution >= 0.6 is 0 Å². The molecule has 0 unspecified atom stereocenters. The van der Waals surface area contributed by atoms with E-state index in [1.807, 2.05) is 0 Å². The van der Waals surface area contributed by atoms with Gasteiger partial charge in [0.2, 0.25) is 11.4 Å². The Hall–Kier alpha value is -3.23. The molecule has 0 bridgehead atoms. The monoisotopic (exact) mass is 418 g/mol. The van der Waals surface area contributed by atoms with Crippen LogP contribution in [-0.4, -0.2) is 13.7 Å². The first-order chi connectivity index (χ1) is 15.9. The molecular weight excluding hydrogens is 390 g/mol. The van der Waals surface area contributed by atoms with Crippen molar-refractivity contribution >= 4 is 0 Å². The largest absolute Gasteiger partial charge is 0.378 e. The van der Waals surface area contributed by atoms with Crippen molar-refractivity contribution < 1.29 is 9.30 Å². The highest BCUT2D eigenvalue weighted by Gasteiger charge is 2.37. The van der Waals surface area contributed by atoms with Gasteiger partial charge in [0.15, 0.2) is 6.54 Å². The lowest BCUT2D eigenvalue weighted by Gasteiger charge is -2.28. The van der Waals surface area contributed by atoms with Crippen molar-refractivity contribution in [2.45, 2.75) is 32.2 Å². The van der Waals surface area contributed by atoms with Crippen LogP contribution < -0.4 is 4.57 Å². The van der Waals surface area contributed by atoms with Crippen molar-refractivity contribution in [1.29, 1.82) is 0 Å². The van der Waals surface area contributed by atoms with Gasteiger partial charge in [-0.15, -0.1) is 0 Å². The minimum atomic E-state index is 0.707. The fourth-order valence-electron chi connectivity index (χ4n) is 5.78. The molecule has 0 amide bonds. The maximum absolute atomic E-state index is 5.60. The summed E-state index contributed by atoms with van der Waals surface area (Å²) in [6.07, 6.45) is 4.36. The summed E-state index contributed by atoms with van der Waals surface area (Å²) in [5.74, 6) is 0. The molecule has 2 aliphatic rings. The van der Waals surface area contributed by atoms with E-state index in [2.05, 4.69) is 83.4 Å². The van der Waals surface area contributed by atoms with Crippen LogP contribution in [-0.2, 0) is 37.0 Å². The van der Waals surface area contributed by atoms with E-state index in [1.54, 1.807) is 7.11 Å². The van der Waals surface area contributed by atoms with Gasteiger partial charge in [-0.2, -0.15) is 4.57 Å². The minimum Gasteiger partial charge on any atom is -0.378 e. The third-order valence-electron chi connectivity index (χ3n) is 7.13. The molecule has 32 heavy (non-hydrogen) atoms. The molecule has 4 aromatic rings. The molecule has 0 aliphatic heterocycles. The van der Waals surface area contributed by atoms with Gasteiger partial charge in [-0.3, -0.25) is 0 Å². The zero-order chi connectivity index (χ0) is 21.5. The second kappa shape index (κ2) is 8.03. The maximum Gasteiger partial charge on any atom is 0.217 e. The summed E-state index contributed by atoms with van der Waals surface area (Å²) in [5.41, 5.74) is 14.3. The van der Waals surface area contributed by atoms with Crippen molar-refractivity contribution in [2.75, 3.05) is 13.7 Å². The lowest BCUT2D eigenvalue weighted by atomic mass is 9.77. The Labute approximate surface area is 190 Å². The quantitative estimate of drug-likeness (QED) is 0.381. The number of fused-ring (bicyclic) bond motifs is 6. The first-order valence-corrected chi connectivity index (χ1v) is 11.7. The smallest absolute Gasteiger partial charge is 0.217 e. The summed E-state index contributed by atoms with van der Waals surface area (Å²) in [4.78, 5) is 0. The lowest BCUT2D eigenvalue weighted by molar-refractivity contribution is -0.677. The molecule has 158 valence electrons. The fraction of sp³-hybridized carbons (Fsp3) is 0.233. The van der Waals surface area contributed by atoms with Crippen LogP contribution in [0.2, 0.25) is 0 Å². The number of nitrogens with zero attached hydrogens (tertiary/aromatic N) is 1. The SMILES string of the molecule is COCC[n+]1c2c(c(-c3ccccc3)c3c1-c1ccccc1CC3)CCc1ccccc1-2. The van der Waals surface area contributed by atoms with E-state index in [1.165, 1.54) is 55.9 Å². The van der Waals surface area contributed by atoms with Gasteiger partial charge in [-0.25, -0.2) is 0 Å². The van der Waals surface area contributed by atoms with Gasteiger partial charge in [0.1, 0.15) is 6.61 Å². The Morgan fingerprint density at radius 1 is 0.656 bits per heavy atom. The number of aryl methyl sites for hydroxylation is 2. The van der Waals surface area contributed by atoms with Crippen molar-refractivity contribution in [2.24, 2.45) is 0 Å². The van der Waals surface area contributed by atoms with Crippen LogP contribution in [0, 0.1) is 0 Å². The summed E-state index contributed by atoms with van der Waals surface area (Å²) < 4.78 is 8.18. The topological polar surface area (TPSA) is 13.1 Å². The van der Waals surface area contributed by atoms with Crippen LogP contribution in [0.25, 0.3) is 33.6 Å². The summed E-state index contributed by atoms with van der Waals surface area (Å²) in [7, 11) is 1.81. The Balaban J connectivity index is 1.76. The van der Waals surface area contributed by atoms with E-state index >= 15 is 0 Å². The third-order valence-corrected chi connectivity index (χ3v) is 7.13. The number of rotatable bonds is 4. The lowest BCUT2D eigenvalue weighted by Crippen LogP contribution is -2.45. The standard InChI is InChI=1S/C30H28NO/c1-32-20-19-31-29-24-13-7-5-9-21(24)15-17-26(29)28(23-11-3-2-4-12-23)27-18-16-22-10-6-8-14-25(22)30(27)31/h2-14H,15-20H2,1H3/q+1. The predicted octanol–water partition coefficient (Wildman–Crippen LogP) is 5.82. The van der Waals surface area contributed by atoms with Crippen molar-refractivity contribution in [1.82, 2.24) is 0 Å². The molecule has 1 heterocycles. The molecule has 1 aromatic heterocycles. The Kier molecular flexibility index (Phi) is 4.88. The zero-order valence-corrected chi connectivity index (χ0v) is 18.6. The molecule has 0 saturated heterocycles. The first-order valence-electron chi connectivity index (χ1n) is 11.7. The first kappa shape index (κ1) is 19.5. The van der Waals surface area contributed by atoms with E-state index in [4.69, 9.17) is 4.74 Å².